The normalized spacial score (nSPS) is 11.6. The van der Waals surface area contributed by atoms with Gasteiger partial charge >= 0.3 is 0 Å². The van der Waals surface area contributed by atoms with Gasteiger partial charge in [0.05, 0.1) is 6.21 Å². The molecule has 4 aromatic rings. The van der Waals surface area contributed by atoms with E-state index < -0.39 is 0 Å². The van der Waals surface area contributed by atoms with Crippen molar-refractivity contribution in [2.45, 2.75) is 13.3 Å². The van der Waals surface area contributed by atoms with Gasteiger partial charge in [-0.25, -0.2) is 4.39 Å². The highest BCUT2D eigenvalue weighted by Gasteiger charge is 2.09. The molecule has 7 heteroatoms. The number of aryl methyl sites for hydroxylation is 1. The first kappa shape index (κ1) is 16.4. The van der Waals surface area contributed by atoms with Gasteiger partial charge in [-0.3, -0.25) is 5.10 Å². The quantitative estimate of drug-likeness (QED) is 0.417. The largest absolute Gasteiger partial charge is 0.358 e. The Balaban J connectivity index is 1.69. The summed E-state index contributed by atoms with van der Waals surface area (Å²) in [4.78, 5) is 3.35. The summed E-state index contributed by atoms with van der Waals surface area (Å²) in [6, 6.07) is 14.4. The number of benzene rings is 2. The highest BCUT2D eigenvalue weighted by Crippen LogP contribution is 2.20. The van der Waals surface area contributed by atoms with Crippen LogP contribution in [-0.2, 0) is 6.42 Å². The second-order valence-electron chi connectivity index (χ2n) is 6.01. The van der Waals surface area contributed by atoms with Crippen LogP contribution in [0.25, 0.3) is 10.9 Å². The Bertz CT molecular complexity index is 1150. The Morgan fingerprint density at radius 3 is 2.77 bits per heavy atom. The Morgan fingerprint density at radius 2 is 1.96 bits per heavy atom. The fraction of sp³-hybridized carbons (Fsp3) is 0.105. The number of nitrogens with one attached hydrogen (secondary N) is 2. The molecule has 0 unspecified atom stereocenters. The van der Waals surface area contributed by atoms with Crippen LogP contribution in [0.4, 0.5) is 4.39 Å². The second kappa shape index (κ2) is 6.68. The predicted molar refractivity (Wildman–Crippen MR) is 103 cm³/mol. The number of fused-ring (bicyclic) bond motifs is 1. The lowest BCUT2D eigenvalue weighted by Crippen LogP contribution is -2.00. The molecule has 2 heterocycles. The Kier molecular flexibility index (Phi) is 4.22. The average molecular weight is 365 g/mol. The van der Waals surface area contributed by atoms with Crippen LogP contribution in [0.5, 0.6) is 0 Å². The number of aromatic amines is 2. The molecule has 0 saturated carbocycles. The smallest absolute Gasteiger partial charge is 0.216 e. The molecule has 0 aliphatic heterocycles. The summed E-state index contributed by atoms with van der Waals surface area (Å²) >= 11 is 5.30. The van der Waals surface area contributed by atoms with Crippen molar-refractivity contribution in [2.24, 2.45) is 5.10 Å². The van der Waals surface area contributed by atoms with Gasteiger partial charge in [0.15, 0.2) is 5.82 Å². The summed E-state index contributed by atoms with van der Waals surface area (Å²) in [5.41, 5.74) is 4.04. The van der Waals surface area contributed by atoms with Crippen LogP contribution in [-0.4, -0.2) is 26.1 Å². The van der Waals surface area contributed by atoms with Gasteiger partial charge in [-0.2, -0.15) is 14.9 Å². The van der Waals surface area contributed by atoms with Crippen LogP contribution in [0.1, 0.15) is 22.6 Å². The minimum absolute atomic E-state index is 0.263. The number of hydrogen-bond donors (Lipinski definition) is 2. The van der Waals surface area contributed by atoms with E-state index in [0.29, 0.717) is 17.0 Å². The first-order chi connectivity index (χ1) is 12.6. The molecule has 0 saturated heterocycles. The van der Waals surface area contributed by atoms with E-state index in [1.54, 1.807) is 23.0 Å². The summed E-state index contributed by atoms with van der Waals surface area (Å²) in [5, 5.41) is 12.7. The highest BCUT2D eigenvalue weighted by atomic mass is 32.1. The zero-order valence-electron chi connectivity index (χ0n) is 14.0. The van der Waals surface area contributed by atoms with Gasteiger partial charge in [-0.05, 0) is 42.9 Å². The number of para-hydroxylation sites is 1. The fourth-order valence-corrected chi connectivity index (χ4v) is 3.12. The lowest BCUT2D eigenvalue weighted by atomic mass is 10.1. The molecule has 0 atom stereocenters. The fourth-order valence-electron chi connectivity index (χ4n) is 2.92. The van der Waals surface area contributed by atoms with E-state index in [0.717, 1.165) is 27.7 Å². The van der Waals surface area contributed by atoms with Gasteiger partial charge in [-0.15, -0.1) is 0 Å². The number of hydrogen-bond acceptors (Lipinski definition) is 3. The Hall–Kier alpha value is -3.06. The molecular weight excluding hydrogens is 349 g/mol. The topological polar surface area (TPSA) is 61.8 Å². The number of rotatable bonds is 4. The van der Waals surface area contributed by atoms with Crippen molar-refractivity contribution < 1.29 is 4.39 Å². The van der Waals surface area contributed by atoms with E-state index in [2.05, 4.69) is 20.3 Å². The maximum Gasteiger partial charge on any atom is 0.216 e. The molecule has 26 heavy (non-hydrogen) atoms. The minimum Gasteiger partial charge on any atom is -0.358 e. The van der Waals surface area contributed by atoms with Gasteiger partial charge in [0.1, 0.15) is 5.82 Å². The molecule has 0 radical (unpaired) electrons. The third kappa shape index (κ3) is 3.09. The zero-order valence-corrected chi connectivity index (χ0v) is 14.8. The maximum atomic E-state index is 13.1. The number of halogens is 1. The first-order valence-corrected chi connectivity index (χ1v) is 8.55. The van der Waals surface area contributed by atoms with E-state index >= 15 is 0 Å². The second-order valence-corrected chi connectivity index (χ2v) is 6.40. The van der Waals surface area contributed by atoms with Crippen molar-refractivity contribution in [3.8, 4) is 0 Å². The summed E-state index contributed by atoms with van der Waals surface area (Å²) in [7, 11) is 0. The van der Waals surface area contributed by atoms with Crippen LogP contribution in [0.2, 0.25) is 0 Å². The van der Waals surface area contributed by atoms with Crippen molar-refractivity contribution in [3.05, 3.63) is 81.8 Å². The molecule has 0 amide bonds. The molecule has 130 valence electrons. The summed E-state index contributed by atoms with van der Waals surface area (Å²) in [5.74, 6) is 0.399. The monoisotopic (exact) mass is 365 g/mol. The summed E-state index contributed by atoms with van der Waals surface area (Å²) in [6.07, 6.45) is 2.28. The third-order valence-electron chi connectivity index (χ3n) is 4.24. The van der Waals surface area contributed by atoms with Crippen molar-refractivity contribution in [1.82, 2.24) is 19.9 Å². The van der Waals surface area contributed by atoms with E-state index in [4.69, 9.17) is 12.2 Å². The number of H-pyrrole nitrogens is 2. The van der Waals surface area contributed by atoms with Crippen molar-refractivity contribution in [3.63, 3.8) is 0 Å². The molecule has 2 aromatic carbocycles. The summed E-state index contributed by atoms with van der Waals surface area (Å²) < 4.78 is 15.1. The Labute approximate surface area is 154 Å². The molecular formula is C19H16FN5S. The van der Waals surface area contributed by atoms with Crippen LogP contribution < -0.4 is 0 Å². The SMILES string of the molecule is Cc1[nH]c2ccccc2c1/C=N\n1c(Cc2ccc(F)cc2)n[nH]c1=S. The van der Waals surface area contributed by atoms with Gasteiger partial charge in [0, 0.05) is 28.6 Å². The van der Waals surface area contributed by atoms with E-state index in [9.17, 15) is 4.39 Å². The molecule has 4 rings (SSSR count). The third-order valence-corrected chi connectivity index (χ3v) is 4.50. The van der Waals surface area contributed by atoms with E-state index in [1.165, 1.54) is 12.1 Å². The lowest BCUT2D eigenvalue weighted by molar-refractivity contribution is 0.627. The first-order valence-electron chi connectivity index (χ1n) is 8.14. The molecule has 0 aliphatic rings. The van der Waals surface area contributed by atoms with Gasteiger partial charge in [0.25, 0.3) is 0 Å². The van der Waals surface area contributed by atoms with Gasteiger partial charge < -0.3 is 4.98 Å². The molecule has 2 N–H and O–H groups in total. The number of nitrogens with zero attached hydrogens (tertiary/aromatic N) is 3. The average Bonchev–Trinajstić information content (AvgIpc) is 3.14. The van der Waals surface area contributed by atoms with Crippen LogP contribution in [0.3, 0.4) is 0 Å². The lowest BCUT2D eigenvalue weighted by Gasteiger charge is -2.02. The van der Waals surface area contributed by atoms with Crippen molar-refractivity contribution >= 4 is 29.3 Å². The molecule has 5 nitrogen and oxygen atoms in total. The van der Waals surface area contributed by atoms with Crippen LogP contribution in [0, 0.1) is 17.5 Å². The van der Waals surface area contributed by atoms with Crippen molar-refractivity contribution in [2.75, 3.05) is 0 Å². The molecule has 0 fully saturated rings. The van der Waals surface area contributed by atoms with Gasteiger partial charge in [-0.1, -0.05) is 30.3 Å². The number of aromatic nitrogens is 4. The van der Waals surface area contributed by atoms with Crippen molar-refractivity contribution in [1.29, 1.82) is 0 Å². The molecule has 2 aromatic heterocycles. The molecule has 0 aliphatic carbocycles. The Morgan fingerprint density at radius 1 is 1.19 bits per heavy atom. The van der Waals surface area contributed by atoms with Crippen LogP contribution >= 0.6 is 12.2 Å². The van der Waals surface area contributed by atoms with Gasteiger partial charge in [0.2, 0.25) is 4.77 Å². The van der Waals surface area contributed by atoms with E-state index in [-0.39, 0.29) is 5.82 Å². The standard InChI is InChI=1S/C19H16FN5S/c1-12-16(15-4-2-3-5-17(15)22-12)11-21-25-18(23-24-19(25)26)10-13-6-8-14(20)9-7-13/h2-9,11,22H,10H2,1H3,(H,24,26)/b21-11-. The molecule has 0 spiro atoms. The summed E-state index contributed by atoms with van der Waals surface area (Å²) in [6.45, 7) is 2.01. The zero-order chi connectivity index (χ0) is 18.1. The predicted octanol–water partition coefficient (Wildman–Crippen LogP) is 4.34. The highest BCUT2D eigenvalue weighted by molar-refractivity contribution is 7.71. The van der Waals surface area contributed by atoms with Crippen LogP contribution in [0.15, 0.2) is 53.6 Å². The van der Waals surface area contributed by atoms with E-state index in [1.807, 2.05) is 31.2 Å². The molecule has 0 bridgehead atoms. The minimum atomic E-state index is -0.263. The maximum absolute atomic E-state index is 13.1.